The summed E-state index contributed by atoms with van der Waals surface area (Å²) in [7, 11) is 0. The molecule has 0 aliphatic rings. The Hall–Kier alpha value is -1.26. The number of carbonyl (C=O) groups is 2. The molecule has 0 aromatic carbocycles. The smallest absolute Gasteiger partial charge is 0.415 e. The minimum atomic E-state index is -1.27. The van der Waals surface area contributed by atoms with E-state index >= 15 is 0 Å². The largest absolute Gasteiger partial charge is 0.465 e. The zero-order valence-corrected chi connectivity index (χ0v) is 10.8. The first-order valence-electron chi connectivity index (χ1n) is 6.25. The quantitative estimate of drug-likeness (QED) is 0.644. The fraction of sp³-hybridized carbons (Fsp3) is 0.833. The molecule has 0 saturated carbocycles. The fourth-order valence-electron chi connectivity index (χ4n) is 1.65. The lowest BCUT2D eigenvalue weighted by atomic mass is 10.0. The number of carbonyl (C=O) groups excluding carboxylic acids is 1. The number of carboxylic acid groups (broad SMARTS) is 1. The maximum Gasteiger partial charge on any atom is 0.415 e. The molecule has 5 nitrogen and oxygen atoms in total. The van der Waals surface area contributed by atoms with Crippen molar-refractivity contribution in [2.24, 2.45) is 11.7 Å². The number of rotatable bonds is 8. The summed E-state index contributed by atoms with van der Waals surface area (Å²) in [5.41, 5.74) is 4.94. The number of urea groups is 1. The van der Waals surface area contributed by atoms with Crippen LogP contribution in [0.3, 0.4) is 0 Å². The van der Waals surface area contributed by atoms with Gasteiger partial charge < -0.3 is 10.8 Å². The van der Waals surface area contributed by atoms with Crippen LogP contribution in [-0.4, -0.2) is 28.7 Å². The molecule has 0 rings (SSSR count). The minimum Gasteiger partial charge on any atom is -0.465 e. The van der Waals surface area contributed by atoms with E-state index in [0.717, 1.165) is 18.8 Å². The molecule has 0 saturated heterocycles. The van der Waals surface area contributed by atoms with Crippen molar-refractivity contribution < 1.29 is 14.7 Å². The van der Waals surface area contributed by atoms with E-state index < -0.39 is 12.1 Å². The summed E-state index contributed by atoms with van der Waals surface area (Å²) in [5, 5.41) is 8.67. The summed E-state index contributed by atoms with van der Waals surface area (Å²) < 4.78 is 0. The predicted molar refractivity (Wildman–Crippen MR) is 66.9 cm³/mol. The van der Waals surface area contributed by atoms with Crippen LogP contribution in [0.4, 0.5) is 9.59 Å². The van der Waals surface area contributed by atoms with Crippen LogP contribution >= 0.6 is 0 Å². The van der Waals surface area contributed by atoms with Gasteiger partial charge in [0.15, 0.2) is 0 Å². The van der Waals surface area contributed by atoms with Gasteiger partial charge >= 0.3 is 12.1 Å². The Morgan fingerprint density at radius 3 is 2.12 bits per heavy atom. The first-order chi connectivity index (χ1) is 7.95. The molecule has 0 bridgehead atoms. The lowest BCUT2D eigenvalue weighted by molar-refractivity contribution is 0.150. The number of hydrogen-bond acceptors (Lipinski definition) is 2. The molecule has 0 atom stereocenters. The van der Waals surface area contributed by atoms with E-state index in [0.29, 0.717) is 11.3 Å². The molecule has 0 heterocycles. The second kappa shape index (κ2) is 8.84. The van der Waals surface area contributed by atoms with Gasteiger partial charge in [-0.3, -0.25) is 0 Å². The van der Waals surface area contributed by atoms with Crippen molar-refractivity contribution in [3.05, 3.63) is 0 Å². The molecule has 0 radical (unpaired) electrons. The van der Waals surface area contributed by atoms with Gasteiger partial charge in [-0.05, 0) is 12.3 Å². The highest BCUT2D eigenvalue weighted by Crippen LogP contribution is 2.10. The Bertz CT molecular complexity index is 228. The highest BCUT2D eigenvalue weighted by Gasteiger charge is 2.16. The molecule has 0 spiro atoms. The van der Waals surface area contributed by atoms with E-state index in [2.05, 4.69) is 13.8 Å². The molecule has 5 heteroatoms. The third-order valence-corrected chi connectivity index (χ3v) is 2.66. The molecule has 0 aliphatic carbocycles. The third kappa shape index (κ3) is 8.54. The van der Waals surface area contributed by atoms with E-state index in [-0.39, 0.29) is 6.54 Å². The van der Waals surface area contributed by atoms with E-state index in [1.54, 1.807) is 0 Å². The van der Waals surface area contributed by atoms with Crippen LogP contribution in [-0.2, 0) is 0 Å². The molecule has 17 heavy (non-hydrogen) atoms. The van der Waals surface area contributed by atoms with Crippen molar-refractivity contribution in [3.8, 4) is 0 Å². The van der Waals surface area contributed by atoms with Crippen molar-refractivity contribution in [1.29, 1.82) is 0 Å². The second-order valence-corrected chi connectivity index (χ2v) is 4.72. The van der Waals surface area contributed by atoms with Crippen LogP contribution in [0.25, 0.3) is 0 Å². The number of hydrogen-bond donors (Lipinski definition) is 2. The number of nitrogens with two attached hydrogens (primary N) is 1. The number of nitrogens with zero attached hydrogens (tertiary/aromatic N) is 1. The van der Waals surface area contributed by atoms with Gasteiger partial charge in [-0.25, -0.2) is 14.5 Å². The Balaban J connectivity index is 3.50. The SMILES string of the molecule is CC(C)CCCCCCCN(C(N)=O)C(=O)O. The molecular weight excluding hydrogens is 220 g/mol. The topological polar surface area (TPSA) is 83.6 Å². The first kappa shape index (κ1) is 15.7. The van der Waals surface area contributed by atoms with Crippen molar-refractivity contribution in [2.75, 3.05) is 6.54 Å². The molecule has 0 unspecified atom stereocenters. The monoisotopic (exact) mass is 244 g/mol. The summed E-state index contributed by atoms with van der Waals surface area (Å²) in [4.78, 5) is 22.0. The molecule has 0 aromatic heterocycles. The van der Waals surface area contributed by atoms with Crippen LogP contribution in [0.2, 0.25) is 0 Å². The highest BCUT2D eigenvalue weighted by atomic mass is 16.4. The van der Waals surface area contributed by atoms with Crippen molar-refractivity contribution in [3.63, 3.8) is 0 Å². The number of unbranched alkanes of at least 4 members (excludes halogenated alkanes) is 4. The molecule has 0 fully saturated rings. The van der Waals surface area contributed by atoms with Crippen molar-refractivity contribution >= 4 is 12.1 Å². The summed E-state index contributed by atoms with van der Waals surface area (Å²) in [6.07, 6.45) is 5.07. The second-order valence-electron chi connectivity index (χ2n) is 4.72. The summed E-state index contributed by atoms with van der Waals surface area (Å²) in [6.45, 7) is 4.62. The maximum absolute atomic E-state index is 10.7. The number of amides is 3. The first-order valence-corrected chi connectivity index (χ1v) is 6.25. The van der Waals surface area contributed by atoms with Crippen LogP contribution in [0.5, 0.6) is 0 Å². The van der Waals surface area contributed by atoms with Gasteiger partial charge in [-0.2, -0.15) is 0 Å². The number of primary amides is 1. The standard InChI is InChI=1S/C12H24N2O3/c1-10(2)8-6-4-3-5-7-9-14(11(13)15)12(16)17/h10H,3-9H2,1-2H3,(H2,13,15)(H,16,17). The zero-order valence-electron chi connectivity index (χ0n) is 10.8. The third-order valence-electron chi connectivity index (χ3n) is 2.66. The number of imide groups is 1. The van der Waals surface area contributed by atoms with E-state index in [1.165, 1.54) is 19.3 Å². The molecule has 0 aromatic rings. The lowest BCUT2D eigenvalue weighted by Gasteiger charge is -2.13. The Labute approximate surface area is 103 Å². The van der Waals surface area contributed by atoms with Gasteiger partial charge in [0.25, 0.3) is 0 Å². The minimum absolute atomic E-state index is 0.203. The summed E-state index contributed by atoms with van der Waals surface area (Å²) in [5.74, 6) is 0.743. The average Bonchev–Trinajstić information content (AvgIpc) is 2.20. The molecule has 0 aliphatic heterocycles. The lowest BCUT2D eigenvalue weighted by Crippen LogP contribution is -2.40. The van der Waals surface area contributed by atoms with Crippen molar-refractivity contribution in [1.82, 2.24) is 4.90 Å². The Kier molecular flexibility index (Phi) is 8.19. The molecule has 100 valence electrons. The fourth-order valence-corrected chi connectivity index (χ4v) is 1.65. The van der Waals surface area contributed by atoms with Gasteiger partial charge in [-0.15, -0.1) is 0 Å². The highest BCUT2D eigenvalue weighted by molar-refractivity contribution is 5.88. The summed E-state index contributed by atoms with van der Waals surface area (Å²) >= 11 is 0. The molecule has 3 N–H and O–H groups in total. The van der Waals surface area contributed by atoms with Gasteiger partial charge in [-0.1, -0.05) is 46.0 Å². The van der Waals surface area contributed by atoms with E-state index in [4.69, 9.17) is 10.8 Å². The molecular formula is C12H24N2O3. The van der Waals surface area contributed by atoms with Gasteiger partial charge in [0, 0.05) is 6.54 Å². The van der Waals surface area contributed by atoms with Gasteiger partial charge in [0.05, 0.1) is 0 Å². The maximum atomic E-state index is 10.7. The van der Waals surface area contributed by atoms with Gasteiger partial charge in [0.2, 0.25) is 0 Å². The predicted octanol–water partition coefficient (Wildman–Crippen LogP) is 3.04. The Morgan fingerprint density at radius 2 is 1.65 bits per heavy atom. The van der Waals surface area contributed by atoms with E-state index in [1.807, 2.05) is 0 Å². The van der Waals surface area contributed by atoms with Crippen LogP contribution in [0.15, 0.2) is 0 Å². The zero-order chi connectivity index (χ0) is 13.3. The van der Waals surface area contributed by atoms with Crippen molar-refractivity contribution in [2.45, 2.75) is 52.4 Å². The van der Waals surface area contributed by atoms with E-state index in [9.17, 15) is 9.59 Å². The Morgan fingerprint density at radius 1 is 1.12 bits per heavy atom. The average molecular weight is 244 g/mol. The normalized spacial score (nSPS) is 10.5. The molecule has 3 amide bonds. The van der Waals surface area contributed by atoms with Crippen LogP contribution in [0, 0.1) is 5.92 Å². The van der Waals surface area contributed by atoms with Crippen LogP contribution < -0.4 is 5.73 Å². The summed E-state index contributed by atoms with van der Waals surface area (Å²) in [6, 6.07) is -0.891. The van der Waals surface area contributed by atoms with Gasteiger partial charge in [0.1, 0.15) is 0 Å². The van der Waals surface area contributed by atoms with Crippen LogP contribution in [0.1, 0.15) is 52.4 Å².